The minimum atomic E-state index is -0.0737. The number of carbonyl (C=O) groups excluding carboxylic acids is 1. The van der Waals surface area contributed by atoms with Crippen LogP contribution in [0.2, 0.25) is 0 Å². The van der Waals surface area contributed by atoms with Crippen LogP contribution in [-0.2, 0) is 4.74 Å². The Morgan fingerprint density at radius 3 is 2.71 bits per heavy atom. The first-order valence-electron chi connectivity index (χ1n) is 7.27. The van der Waals surface area contributed by atoms with Crippen molar-refractivity contribution in [2.45, 2.75) is 26.3 Å². The van der Waals surface area contributed by atoms with E-state index in [0.717, 1.165) is 36.3 Å². The molecule has 0 atom stereocenters. The summed E-state index contributed by atoms with van der Waals surface area (Å²) in [4.78, 5) is 14.7. The summed E-state index contributed by atoms with van der Waals surface area (Å²) in [5, 5.41) is 3.05. The summed E-state index contributed by atoms with van der Waals surface area (Å²) in [5.41, 5.74) is 1.69. The highest BCUT2D eigenvalue weighted by Crippen LogP contribution is 2.19. The molecule has 0 spiro atoms. The zero-order valence-corrected chi connectivity index (χ0v) is 14.5. The number of morpholine rings is 1. The number of hydrogen-bond acceptors (Lipinski definition) is 3. The number of aryl methyl sites for hydroxylation is 1. The molecule has 0 unspecified atom stereocenters. The Kier molecular flexibility index (Phi) is 5.41. The molecular formula is C16H23BrN2O2. The van der Waals surface area contributed by atoms with E-state index in [9.17, 15) is 4.79 Å². The van der Waals surface area contributed by atoms with Crippen LogP contribution in [0, 0.1) is 6.92 Å². The van der Waals surface area contributed by atoms with Gasteiger partial charge in [0, 0.05) is 29.6 Å². The Morgan fingerprint density at radius 2 is 2.05 bits per heavy atom. The smallest absolute Gasteiger partial charge is 0.252 e. The van der Waals surface area contributed by atoms with Crippen LogP contribution in [0.4, 0.5) is 0 Å². The number of amides is 1. The SMILES string of the molecule is Cc1ccc(Br)c(C(=O)NCC(C)(C)N2CCOCC2)c1. The molecule has 0 bridgehead atoms. The zero-order valence-electron chi connectivity index (χ0n) is 12.9. The zero-order chi connectivity index (χ0) is 15.5. The quantitative estimate of drug-likeness (QED) is 0.903. The molecule has 1 aromatic rings. The molecule has 21 heavy (non-hydrogen) atoms. The van der Waals surface area contributed by atoms with Gasteiger partial charge < -0.3 is 10.1 Å². The molecule has 5 heteroatoms. The number of ether oxygens (including phenoxy) is 1. The van der Waals surface area contributed by atoms with Crippen molar-refractivity contribution in [1.82, 2.24) is 10.2 Å². The molecule has 1 aromatic carbocycles. The summed E-state index contributed by atoms with van der Waals surface area (Å²) >= 11 is 3.44. The molecule has 2 rings (SSSR count). The lowest BCUT2D eigenvalue weighted by Crippen LogP contribution is -2.55. The minimum Gasteiger partial charge on any atom is -0.379 e. The van der Waals surface area contributed by atoms with Crippen LogP contribution in [0.3, 0.4) is 0 Å². The topological polar surface area (TPSA) is 41.6 Å². The monoisotopic (exact) mass is 354 g/mol. The first-order valence-corrected chi connectivity index (χ1v) is 8.06. The van der Waals surface area contributed by atoms with E-state index in [2.05, 4.69) is 40.0 Å². The van der Waals surface area contributed by atoms with Crippen LogP contribution in [0.15, 0.2) is 22.7 Å². The Balaban J connectivity index is 1.98. The molecule has 1 N–H and O–H groups in total. The lowest BCUT2D eigenvalue weighted by Gasteiger charge is -2.40. The summed E-state index contributed by atoms with van der Waals surface area (Å²) < 4.78 is 6.21. The van der Waals surface area contributed by atoms with E-state index in [4.69, 9.17) is 4.74 Å². The van der Waals surface area contributed by atoms with Crippen molar-refractivity contribution >= 4 is 21.8 Å². The number of halogens is 1. The molecular weight excluding hydrogens is 332 g/mol. The van der Waals surface area contributed by atoms with Crippen molar-refractivity contribution in [3.8, 4) is 0 Å². The van der Waals surface area contributed by atoms with Crippen LogP contribution < -0.4 is 5.32 Å². The maximum absolute atomic E-state index is 12.4. The van der Waals surface area contributed by atoms with E-state index >= 15 is 0 Å². The van der Waals surface area contributed by atoms with Crippen molar-refractivity contribution < 1.29 is 9.53 Å². The fourth-order valence-corrected chi connectivity index (χ4v) is 2.91. The number of hydrogen-bond donors (Lipinski definition) is 1. The number of nitrogens with one attached hydrogen (secondary N) is 1. The summed E-state index contributed by atoms with van der Waals surface area (Å²) in [6, 6.07) is 5.80. The molecule has 1 saturated heterocycles. The first kappa shape index (κ1) is 16.5. The largest absolute Gasteiger partial charge is 0.379 e. The van der Waals surface area contributed by atoms with Crippen molar-refractivity contribution in [2.24, 2.45) is 0 Å². The molecule has 1 amide bonds. The standard InChI is InChI=1S/C16H23BrN2O2/c1-12-4-5-14(17)13(10-12)15(20)18-11-16(2,3)19-6-8-21-9-7-19/h4-5,10H,6-9,11H2,1-3H3,(H,18,20). The van der Waals surface area contributed by atoms with Gasteiger partial charge in [-0.3, -0.25) is 9.69 Å². The molecule has 0 saturated carbocycles. The number of rotatable bonds is 4. The van der Waals surface area contributed by atoms with Gasteiger partial charge in [-0.2, -0.15) is 0 Å². The maximum Gasteiger partial charge on any atom is 0.252 e. The third-order valence-electron chi connectivity index (χ3n) is 3.92. The van der Waals surface area contributed by atoms with E-state index in [-0.39, 0.29) is 11.4 Å². The Morgan fingerprint density at radius 1 is 1.38 bits per heavy atom. The summed E-state index contributed by atoms with van der Waals surface area (Å²) in [7, 11) is 0. The predicted octanol–water partition coefficient (Wildman–Crippen LogP) is 2.60. The van der Waals surface area contributed by atoms with Crippen LogP contribution >= 0.6 is 15.9 Å². The van der Waals surface area contributed by atoms with E-state index in [0.29, 0.717) is 12.1 Å². The highest BCUT2D eigenvalue weighted by atomic mass is 79.9. The second-order valence-corrected chi connectivity index (χ2v) is 6.93. The summed E-state index contributed by atoms with van der Waals surface area (Å²) in [6.07, 6.45) is 0. The first-order chi connectivity index (χ1) is 9.90. The van der Waals surface area contributed by atoms with Crippen molar-refractivity contribution in [1.29, 1.82) is 0 Å². The highest BCUT2D eigenvalue weighted by molar-refractivity contribution is 9.10. The van der Waals surface area contributed by atoms with E-state index in [1.807, 2.05) is 25.1 Å². The number of nitrogens with zero attached hydrogens (tertiary/aromatic N) is 1. The molecule has 116 valence electrons. The van der Waals surface area contributed by atoms with Gasteiger partial charge in [0.25, 0.3) is 5.91 Å². The van der Waals surface area contributed by atoms with Crippen molar-refractivity contribution in [3.63, 3.8) is 0 Å². The number of carbonyl (C=O) groups is 1. The molecule has 0 aromatic heterocycles. The van der Waals surface area contributed by atoms with Crippen LogP contribution in [-0.4, -0.2) is 49.2 Å². The van der Waals surface area contributed by atoms with Gasteiger partial charge in [-0.15, -0.1) is 0 Å². The summed E-state index contributed by atoms with van der Waals surface area (Å²) in [5.74, 6) is -0.0353. The average Bonchev–Trinajstić information content (AvgIpc) is 2.48. The molecule has 0 radical (unpaired) electrons. The van der Waals surface area contributed by atoms with Gasteiger partial charge in [0.05, 0.1) is 18.8 Å². The number of benzene rings is 1. The second-order valence-electron chi connectivity index (χ2n) is 6.08. The Bertz CT molecular complexity index is 511. The highest BCUT2D eigenvalue weighted by Gasteiger charge is 2.28. The van der Waals surface area contributed by atoms with Gasteiger partial charge in [0.15, 0.2) is 0 Å². The Labute approximate surface area is 135 Å². The average molecular weight is 355 g/mol. The van der Waals surface area contributed by atoms with Crippen LogP contribution in [0.25, 0.3) is 0 Å². The van der Waals surface area contributed by atoms with E-state index in [1.165, 1.54) is 0 Å². The molecule has 1 heterocycles. The van der Waals surface area contributed by atoms with Crippen molar-refractivity contribution in [2.75, 3.05) is 32.8 Å². The molecule has 0 aliphatic carbocycles. The summed E-state index contributed by atoms with van der Waals surface area (Å²) in [6.45, 7) is 10.3. The predicted molar refractivity (Wildman–Crippen MR) is 87.7 cm³/mol. The third-order valence-corrected chi connectivity index (χ3v) is 4.61. The van der Waals surface area contributed by atoms with Gasteiger partial charge in [-0.05, 0) is 48.8 Å². The normalized spacial score (nSPS) is 16.8. The maximum atomic E-state index is 12.4. The van der Waals surface area contributed by atoms with Gasteiger partial charge >= 0.3 is 0 Å². The van der Waals surface area contributed by atoms with Crippen molar-refractivity contribution in [3.05, 3.63) is 33.8 Å². The van der Waals surface area contributed by atoms with Gasteiger partial charge in [0.2, 0.25) is 0 Å². The lowest BCUT2D eigenvalue weighted by molar-refractivity contribution is -0.00923. The van der Waals surface area contributed by atoms with Gasteiger partial charge in [0.1, 0.15) is 0 Å². The third kappa shape index (κ3) is 4.28. The molecule has 1 aliphatic rings. The molecule has 1 fully saturated rings. The lowest BCUT2D eigenvalue weighted by atomic mass is 10.0. The molecule has 1 aliphatic heterocycles. The van der Waals surface area contributed by atoms with Gasteiger partial charge in [-0.25, -0.2) is 0 Å². The van der Waals surface area contributed by atoms with Gasteiger partial charge in [-0.1, -0.05) is 11.6 Å². The minimum absolute atomic E-state index is 0.0353. The van der Waals surface area contributed by atoms with E-state index < -0.39 is 0 Å². The van der Waals surface area contributed by atoms with Crippen LogP contribution in [0.1, 0.15) is 29.8 Å². The second kappa shape index (κ2) is 6.90. The fraction of sp³-hybridized carbons (Fsp3) is 0.562. The Hall–Kier alpha value is -0.910. The molecule has 4 nitrogen and oxygen atoms in total. The van der Waals surface area contributed by atoms with Crippen LogP contribution in [0.5, 0.6) is 0 Å². The fourth-order valence-electron chi connectivity index (χ4n) is 2.49. The van der Waals surface area contributed by atoms with E-state index in [1.54, 1.807) is 0 Å².